The minimum Gasteiger partial charge on any atom is -0.366 e. The average molecular weight is 618 g/mol. The number of aromatic nitrogens is 3. The summed E-state index contributed by atoms with van der Waals surface area (Å²) in [4.78, 5) is 18.0. The normalized spacial score (nSPS) is 11.0. The summed E-state index contributed by atoms with van der Waals surface area (Å²) in [5.74, 6) is 0.814. The Hall–Kier alpha value is -4.95. The minimum absolute atomic E-state index is 0.276. The summed E-state index contributed by atoms with van der Waals surface area (Å²) in [5.41, 5.74) is 7.54. The lowest BCUT2D eigenvalue weighted by Crippen LogP contribution is -2.33. The van der Waals surface area contributed by atoms with Gasteiger partial charge in [-0.25, -0.2) is 9.78 Å². The number of urea groups is 1. The van der Waals surface area contributed by atoms with E-state index in [1.165, 1.54) is 0 Å². The first-order chi connectivity index (χ1) is 20.5. The van der Waals surface area contributed by atoms with Crippen LogP contribution >= 0.6 is 15.9 Å². The number of amides is 2. The number of halogens is 1. The van der Waals surface area contributed by atoms with Crippen molar-refractivity contribution >= 4 is 39.1 Å². The third-order valence-corrected chi connectivity index (χ3v) is 7.61. The number of anilines is 2. The fraction of sp³-hybridized carbons (Fsp3) is 0.0882. The van der Waals surface area contributed by atoms with Crippen molar-refractivity contribution in [3.8, 4) is 11.3 Å². The van der Waals surface area contributed by atoms with Crippen molar-refractivity contribution in [3.63, 3.8) is 0 Å². The molecule has 0 saturated heterocycles. The Morgan fingerprint density at radius 2 is 1.55 bits per heavy atom. The maximum atomic E-state index is 13.1. The molecule has 8 heteroatoms. The third kappa shape index (κ3) is 6.04. The number of carbonyl (C=O) groups excluding carboxylic acids is 1. The highest BCUT2D eigenvalue weighted by Crippen LogP contribution is 2.28. The Kier molecular flexibility index (Phi) is 7.96. The molecule has 0 atom stereocenters. The first-order valence-electron chi connectivity index (χ1n) is 13.7. The second-order valence-corrected chi connectivity index (χ2v) is 10.8. The summed E-state index contributed by atoms with van der Waals surface area (Å²) in [6.45, 7) is 2.61. The van der Waals surface area contributed by atoms with Crippen LogP contribution in [0.15, 0.2) is 126 Å². The van der Waals surface area contributed by atoms with Crippen LogP contribution in [0.2, 0.25) is 0 Å². The van der Waals surface area contributed by atoms with Crippen molar-refractivity contribution in [2.75, 3.05) is 10.6 Å². The third-order valence-electron chi connectivity index (χ3n) is 7.05. The Bertz CT molecular complexity index is 1800. The maximum Gasteiger partial charge on any atom is 0.319 e. The van der Waals surface area contributed by atoms with E-state index in [1.807, 2.05) is 103 Å². The fourth-order valence-electron chi connectivity index (χ4n) is 4.96. The van der Waals surface area contributed by atoms with E-state index < -0.39 is 0 Å². The van der Waals surface area contributed by atoms with Gasteiger partial charge in [-0.3, -0.25) is 0 Å². The molecule has 4 aromatic carbocycles. The van der Waals surface area contributed by atoms with Crippen molar-refractivity contribution in [1.82, 2.24) is 19.9 Å². The van der Waals surface area contributed by atoms with Crippen LogP contribution in [-0.2, 0) is 6.54 Å². The molecule has 7 nitrogen and oxygen atoms in total. The molecular formula is C34H29BrN6O. The number of carbonyl (C=O) groups is 1. The molecule has 0 saturated carbocycles. The molecular weight excluding hydrogens is 588 g/mol. The highest BCUT2D eigenvalue weighted by molar-refractivity contribution is 9.10. The molecule has 0 aliphatic carbocycles. The fourth-order valence-corrected chi connectivity index (χ4v) is 5.31. The molecule has 6 aromatic rings. The lowest BCUT2D eigenvalue weighted by atomic mass is 9.99. The second kappa shape index (κ2) is 12.3. The van der Waals surface area contributed by atoms with Gasteiger partial charge in [-0.05, 0) is 57.2 Å². The Morgan fingerprint density at radius 3 is 2.26 bits per heavy atom. The van der Waals surface area contributed by atoms with Crippen molar-refractivity contribution in [3.05, 3.63) is 148 Å². The van der Waals surface area contributed by atoms with Gasteiger partial charge >= 0.3 is 6.03 Å². The van der Waals surface area contributed by atoms with Crippen LogP contribution in [0.25, 0.3) is 16.9 Å². The van der Waals surface area contributed by atoms with Crippen LogP contribution in [0.4, 0.5) is 16.3 Å². The molecule has 3 N–H and O–H groups in total. The lowest BCUT2D eigenvalue weighted by Gasteiger charge is -2.20. The van der Waals surface area contributed by atoms with E-state index in [1.54, 1.807) is 10.7 Å². The van der Waals surface area contributed by atoms with Crippen molar-refractivity contribution in [2.45, 2.75) is 19.5 Å². The Balaban J connectivity index is 1.19. The number of nitrogens with one attached hydrogen (secondary N) is 3. The van der Waals surface area contributed by atoms with Crippen LogP contribution in [0.5, 0.6) is 0 Å². The maximum absolute atomic E-state index is 13.1. The van der Waals surface area contributed by atoms with Gasteiger partial charge in [0.1, 0.15) is 5.82 Å². The molecule has 42 heavy (non-hydrogen) atoms. The number of rotatable bonds is 8. The molecule has 0 aliphatic heterocycles. The van der Waals surface area contributed by atoms with E-state index >= 15 is 0 Å². The van der Waals surface area contributed by atoms with E-state index in [4.69, 9.17) is 4.98 Å². The minimum atomic E-state index is -0.280. The van der Waals surface area contributed by atoms with Gasteiger partial charge in [0, 0.05) is 23.9 Å². The van der Waals surface area contributed by atoms with Gasteiger partial charge in [-0.1, -0.05) is 97.1 Å². The largest absolute Gasteiger partial charge is 0.366 e. The number of fused-ring (bicyclic) bond motifs is 1. The van der Waals surface area contributed by atoms with Crippen molar-refractivity contribution in [1.29, 1.82) is 0 Å². The van der Waals surface area contributed by atoms with Crippen molar-refractivity contribution < 1.29 is 4.79 Å². The second-order valence-electron chi connectivity index (χ2n) is 9.98. The molecule has 0 spiro atoms. The lowest BCUT2D eigenvalue weighted by molar-refractivity contribution is 0.250. The first kappa shape index (κ1) is 27.2. The molecule has 2 amide bonds. The zero-order valence-electron chi connectivity index (χ0n) is 23.0. The van der Waals surface area contributed by atoms with E-state index in [0.29, 0.717) is 12.2 Å². The highest BCUT2D eigenvalue weighted by atomic mass is 79.9. The zero-order chi connectivity index (χ0) is 28.9. The summed E-state index contributed by atoms with van der Waals surface area (Å²) < 4.78 is 2.61. The predicted octanol–water partition coefficient (Wildman–Crippen LogP) is 7.99. The molecule has 0 bridgehead atoms. The van der Waals surface area contributed by atoms with Crippen LogP contribution in [0.3, 0.4) is 0 Å². The topological polar surface area (TPSA) is 83.3 Å². The molecule has 0 aliphatic rings. The van der Waals surface area contributed by atoms with E-state index in [0.717, 1.165) is 49.4 Å². The summed E-state index contributed by atoms with van der Waals surface area (Å²) in [6, 6.07) is 37.4. The number of nitrogens with zero attached hydrogens (tertiary/aromatic N) is 3. The Labute approximate surface area is 252 Å². The summed E-state index contributed by atoms with van der Waals surface area (Å²) >= 11 is 3.58. The monoisotopic (exact) mass is 616 g/mol. The molecule has 6 rings (SSSR count). The Morgan fingerprint density at radius 1 is 0.857 bits per heavy atom. The van der Waals surface area contributed by atoms with Gasteiger partial charge in [-0.15, -0.1) is 0 Å². The number of hydrogen-bond donors (Lipinski definition) is 3. The summed E-state index contributed by atoms with van der Waals surface area (Å²) in [5, 5.41) is 14.2. The average Bonchev–Trinajstić information content (AvgIpc) is 3.40. The molecule has 0 fully saturated rings. The quantitative estimate of drug-likeness (QED) is 0.162. The van der Waals surface area contributed by atoms with Gasteiger partial charge in [0.25, 0.3) is 0 Å². The van der Waals surface area contributed by atoms with E-state index in [2.05, 4.69) is 56.0 Å². The van der Waals surface area contributed by atoms with Gasteiger partial charge in [-0.2, -0.15) is 9.61 Å². The van der Waals surface area contributed by atoms with Gasteiger partial charge in [0.05, 0.1) is 22.4 Å². The standard InChI is InChI=1S/C34H29BrN6O/c1-23-11-8-9-18-28(23)30-20-31(41-33(39-30)29(35)22-37-41)36-21-24-12-10-17-27(19-24)38-34(42)40-32(25-13-4-2-5-14-25)26-15-6-3-7-16-26/h2-20,22,32,36H,21H2,1H3,(H2,38,40,42). The van der Waals surface area contributed by atoms with Crippen molar-refractivity contribution in [2.24, 2.45) is 0 Å². The first-order valence-corrected chi connectivity index (χ1v) is 14.4. The van der Waals surface area contributed by atoms with Gasteiger partial charge in [0.2, 0.25) is 0 Å². The smallest absolute Gasteiger partial charge is 0.319 e. The molecule has 0 unspecified atom stereocenters. The van der Waals surface area contributed by atoms with Crippen LogP contribution in [0.1, 0.15) is 28.3 Å². The number of aryl methyl sites for hydroxylation is 1. The van der Waals surface area contributed by atoms with Crippen LogP contribution in [0, 0.1) is 6.92 Å². The molecule has 0 radical (unpaired) electrons. The molecule has 2 heterocycles. The van der Waals surface area contributed by atoms with Crippen LogP contribution < -0.4 is 16.0 Å². The van der Waals surface area contributed by atoms with Crippen LogP contribution in [-0.4, -0.2) is 20.6 Å². The molecule has 208 valence electrons. The highest BCUT2D eigenvalue weighted by Gasteiger charge is 2.17. The summed E-state index contributed by atoms with van der Waals surface area (Å²) in [6.07, 6.45) is 1.75. The SMILES string of the molecule is Cc1ccccc1-c1cc(NCc2cccc(NC(=O)NC(c3ccccc3)c3ccccc3)c2)n2ncc(Br)c2n1. The van der Waals surface area contributed by atoms with Gasteiger partial charge in [0.15, 0.2) is 5.65 Å². The van der Waals surface area contributed by atoms with Gasteiger partial charge < -0.3 is 16.0 Å². The number of benzene rings is 4. The molecule has 2 aromatic heterocycles. The van der Waals surface area contributed by atoms with E-state index in [9.17, 15) is 4.79 Å². The zero-order valence-corrected chi connectivity index (χ0v) is 24.5. The summed E-state index contributed by atoms with van der Waals surface area (Å²) in [7, 11) is 0. The van der Waals surface area contributed by atoms with E-state index in [-0.39, 0.29) is 12.1 Å². The predicted molar refractivity (Wildman–Crippen MR) is 172 cm³/mol. The number of hydrogen-bond acceptors (Lipinski definition) is 4.